The zero-order valence-corrected chi connectivity index (χ0v) is 15.9. The number of benzene rings is 3. The van der Waals surface area contributed by atoms with E-state index in [1.165, 1.54) is 17.0 Å². The van der Waals surface area contributed by atoms with E-state index in [2.05, 4.69) is 0 Å². The second kappa shape index (κ2) is 8.03. The summed E-state index contributed by atoms with van der Waals surface area (Å²) in [6.07, 6.45) is -0.210. The lowest BCUT2D eigenvalue weighted by molar-refractivity contribution is -0.124. The number of carbonyl (C=O) groups excluding carboxylic acids is 1. The van der Waals surface area contributed by atoms with Crippen molar-refractivity contribution in [3.05, 3.63) is 83.7 Å². The number of hydrogen-bond acceptors (Lipinski definition) is 2. The highest BCUT2D eigenvalue weighted by atomic mass is 19.1. The molecule has 3 aromatic carbocycles. The summed E-state index contributed by atoms with van der Waals surface area (Å²) in [7, 11) is 0. The van der Waals surface area contributed by atoms with Gasteiger partial charge in [-0.2, -0.15) is 0 Å². The summed E-state index contributed by atoms with van der Waals surface area (Å²) in [5.41, 5.74) is 1.80. The van der Waals surface area contributed by atoms with Crippen LogP contribution in [-0.2, 0) is 11.2 Å². The molecule has 0 bridgehead atoms. The van der Waals surface area contributed by atoms with E-state index < -0.39 is 12.0 Å². The van der Waals surface area contributed by atoms with E-state index in [1.54, 1.807) is 12.1 Å². The van der Waals surface area contributed by atoms with Crippen LogP contribution in [0.15, 0.2) is 66.7 Å². The Morgan fingerprint density at radius 3 is 2.45 bits per heavy atom. The molecule has 3 aromatic rings. The van der Waals surface area contributed by atoms with Crippen LogP contribution in [0.1, 0.15) is 23.5 Å². The highest BCUT2D eigenvalue weighted by molar-refractivity contribution is 5.88. The van der Waals surface area contributed by atoms with Crippen LogP contribution in [0.3, 0.4) is 0 Å². The first-order chi connectivity index (χ1) is 14.0. The SMILES string of the molecule is O=C(Cc1ccc2ccccc2c1)C1CN(C(=O)O)CCC1c1ccc(F)cc1. The standard InChI is InChI=1S/C24H22FNO3/c25-20-9-7-18(8-10-20)21-11-12-26(24(28)29)15-22(21)23(27)14-16-5-6-17-3-1-2-4-19(17)13-16/h1-10,13,21-22H,11-12,14-15H2,(H,28,29). The zero-order valence-electron chi connectivity index (χ0n) is 15.9. The molecule has 1 heterocycles. The van der Waals surface area contributed by atoms with E-state index in [0.717, 1.165) is 21.9 Å². The minimum Gasteiger partial charge on any atom is -0.465 e. The second-order valence-corrected chi connectivity index (χ2v) is 7.61. The maximum absolute atomic E-state index is 13.3. The smallest absolute Gasteiger partial charge is 0.407 e. The monoisotopic (exact) mass is 391 g/mol. The lowest BCUT2D eigenvalue weighted by atomic mass is 9.77. The number of carbonyl (C=O) groups is 2. The van der Waals surface area contributed by atoms with E-state index >= 15 is 0 Å². The van der Waals surface area contributed by atoms with Gasteiger partial charge in [0.25, 0.3) is 0 Å². The maximum Gasteiger partial charge on any atom is 0.407 e. The summed E-state index contributed by atoms with van der Waals surface area (Å²) in [5.74, 6) is -0.868. The van der Waals surface area contributed by atoms with Crippen molar-refractivity contribution in [2.45, 2.75) is 18.8 Å². The van der Waals surface area contributed by atoms with Crippen molar-refractivity contribution >= 4 is 22.6 Å². The third kappa shape index (κ3) is 4.14. The predicted molar refractivity (Wildman–Crippen MR) is 110 cm³/mol. The molecule has 4 rings (SSSR count). The average molecular weight is 391 g/mol. The van der Waals surface area contributed by atoms with Crippen molar-refractivity contribution < 1.29 is 19.1 Å². The van der Waals surface area contributed by atoms with Crippen molar-refractivity contribution in [3.8, 4) is 0 Å². The zero-order chi connectivity index (χ0) is 20.4. The number of nitrogens with zero attached hydrogens (tertiary/aromatic N) is 1. The van der Waals surface area contributed by atoms with E-state index in [4.69, 9.17) is 0 Å². The summed E-state index contributed by atoms with van der Waals surface area (Å²) >= 11 is 0. The molecule has 0 aliphatic carbocycles. The van der Waals surface area contributed by atoms with Gasteiger partial charge >= 0.3 is 6.09 Å². The lowest BCUT2D eigenvalue weighted by Gasteiger charge is -2.36. The van der Waals surface area contributed by atoms with E-state index in [9.17, 15) is 19.1 Å². The molecule has 1 aliphatic rings. The van der Waals surface area contributed by atoms with Crippen LogP contribution in [-0.4, -0.2) is 35.0 Å². The molecule has 29 heavy (non-hydrogen) atoms. The summed E-state index contributed by atoms with van der Waals surface area (Å²) in [6, 6.07) is 20.1. The van der Waals surface area contributed by atoms with Crippen LogP contribution in [0, 0.1) is 11.7 Å². The quantitative estimate of drug-likeness (QED) is 0.690. The van der Waals surface area contributed by atoms with Gasteiger partial charge in [0.05, 0.1) is 0 Å². The molecule has 1 saturated heterocycles. The van der Waals surface area contributed by atoms with Crippen LogP contribution in [0.5, 0.6) is 0 Å². The maximum atomic E-state index is 13.3. The second-order valence-electron chi connectivity index (χ2n) is 7.61. The summed E-state index contributed by atoms with van der Waals surface area (Å²) < 4.78 is 13.3. The topological polar surface area (TPSA) is 57.6 Å². The van der Waals surface area contributed by atoms with Gasteiger partial charge in [-0.1, -0.05) is 54.6 Å². The first kappa shape index (κ1) is 19.1. The summed E-state index contributed by atoms with van der Waals surface area (Å²) in [4.78, 5) is 26.0. The highest BCUT2D eigenvalue weighted by Crippen LogP contribution is 2.34. The molecule has 5 heteroatoms. The fraction of sp³-hybridized carbons (Fsp3) is 0.250. The Hall–Kier alpha value is -3.21. The van der Waals surface area contributed by atoms with Gasteiger partial charge in [0.15, 0.2) is 0 Å². The third-order valence-corrected chi connectivity index (χ3v) is 5.79. The Balaban J connectivity index is 1.59. The minimum atomic E-state index is -1.01. The van der Waals surface area contributed by atoms with E-state index in [1.807, 2.05) is 42.5 Å². The number of piperidine rings is 1. The molecule has 2 unspecified atom stereocenters. The van der Waals surface area contributed by atoms with Gasteiger partial charge in [0.1, 0.15) is 11.6 Å². The summed E-state index contributed by atoms with van der Waals surface area (Å²) in [6.45, 7) is 0.543. The van der Waals surface area contributed by atoms with Gasteiger partial charge in [0.2, 0.25) is 0 Å². The van der Waals surface area contributed by atoms with Crippen molar-refractivity contribution in [1.82, 2.24) is 4.90 Å². The normalized spacial score (nSPS) is 19.3. The van der Waals surface area contributed by atoms with Crippen LogP contribution in [0.4, 0.5) is 9.18 Å². The number of likely N-dealkylation sites (tertiary alicyclic amines) is 1. The number of halogens is 1. The molecule has 0 radical (unpaired) electrons. The Morgan fingerprint density at radius 1 is 1.00 bits per heavy atom. The number of hydrogen-bond donors (Lipinski definition) is 1. The molecule has 1 fully saturated rings. The van der Waals surface area contributed by atoms with Gasteiger partial charge in [0, 0.05) is 25.4 Å². The molecule has 2 atom stereocenters. The molecule has 1 amide bonds. The Kier molecular flexibility index (Phi) is 5.30. The average Bonchev–Trinajstić information content (AvgIpc) is 2.73. The molecule has 0 spiro atoms. The fourth-order valence-corrected chi connectivity index (χ4v) is 4.24. The molecular formula is C24H22FNO3. The molecule has 0 aromatic heterocycles. The number of amides is 1. The fourth-order valence-electron chi connectivity index (χ4n) is 4.24. The number of ketones is 1. The number of fused-ring (bicyclic) bond motifs is 1. The molecular weight excluding hydrogens is 369 g/mol. The van der Waals surface area contributed by atoms with Crippen LogP contribution >= 0.6 is 0 Å². The Labute approximate surface area is 168 Å². The summed E-state index contributed by atoms with van der Waals surface area (Å²) in [5, 5.41) is 11.6. The highest BCUT2D eigenvalue weighted by Gasteiger charge is 2.36. The number of Topliss-reactive ketones (excluding diaryl/α,β-unsaturated/α-hetero) is 1. The van der Waals surface area contributed by atoms with Crippen molar-refractivity contribution in [2.75, 3.05) is 13.1 Å². The largest absolute Gasteiger partial charge is 0.465 e. The van der Waals surface area contributed by atoms with Gasteiger partial charge in [-0.3, -0.25) is 4.79 Å². The van der Waals surface area contributed by atoms with Crippen LogP contribution in [0.2, 0.25) is 0 Å². The first-order valence-electron chi connectivity index (χ1n) is 9.75. The van der Waals surface area contributed by atoms with Crippen molar-refractivity contribution in [3.63, 3.8) is 0 Å². The van der Waals surface area contributed by atoms with Crippen LogP contribution < -0.4 is 0 Å². The predicted octanol–water partition coefficient (Wildman–Crippen LogP) is 4.87. The molecule has 1 aliphatic heterocycles. The molecule has 0 saturated carbocycles. The first-order valence-corrected chi connectivity index (χ1v) is 9.75. The van der Waals surface area contributed by atoms with E-state index in [-0.39, 0.29) is 30.5 Å². The Morgan fingerprint density at radius 2 is 1.72 bits per heavy atom. The van der Waals surface area contributed by atoms with E-state index in [0.29, 0.717) is 13.0 Å². The molecule has 4 nitrogen and oxygen atoms in total. The minimum absolute atomic E-state index is 0.0144. The molecule has 148 valence electrons. The molecule has 1 N–H and O–H groups in total. The van der Waals surface area contributed by atoms with Gasteiger partial charge < -0.3 is 10.0 Å². The Bertz CT molecular complexity index is 1050. The number of rotatable bonds is 4. The van der Waals surface area contributed by atoms with Gasteiger partial charge in [-0.25, -0.2) is 9.18 Å². The van der Waals surface area contributed by atoms with Gasteiger partial charge in [-0.05, 0) is 46.4 Å². The van der Waals surface area contributed by atoms with Crippen molar-refractivity contribution in [2.24, 2.45) is 5.92 Å². The number of carboxylic acid groups (broad SMARTS) is 1. The lowest BCUT2D eigenvalue weighted by Crippen LogP contribution is -2.45. The van der Waals surface area contributed by atoms with Crippen LogP contribution in [0.25, 0.3) is 10.8 Å². The third-order valence-electron chi connectivity index (χ3n) is 5.79. The van der Waals surface area contributed by atoms with Crippen molar-refractivity contribution in [1.29, 1.82) is 0 Å². The van der Waals surface area contributed by atoms with Gasteiger partial charge in [-0.15, -0.1) is 0 Å².